The van der Waals surface area contributed by atoms with E-state index >= 15 is 0 Å². The summed E-state index contributed by atoms with van der Waals surface area (Å²) in [6, 6.07) is 10.7. The van der Waals surface area contributed by atoms with Crippen molar-refractivity contribution in [3.8, 4) is 5.75 Å². The summed E-state index contributed by atoms with van der Waals surface area (Å²) in [5.41, 5.74) is 1.20. The van der Waals surface area contributed by atoms with Gasteiger partial charge in [0, 0.05) is 17.8 Å². The molecule has 0 heterocycles. The molecular weight excluding hydrogens is 340 g/mol. The Labute approximate surface area is 149 Å². The average Bonchev–Trinajstić information content (AvgIpc) is 2.62. The van der Waals surface area contributed by atoms with Crippen LogP contribution in [0.15, 0.2) is 42.5 Å². The lowest BCUT2D eigenvalue weighted by molar-refractivity contribution is -0.384. The molecule has 0 aliphatic heterocycles. The van der Waals surface area contributed by atoms with E-state index in [2.05, 4.69) is 5.32 Å². The Bertz CT molecular complexity index is 832. The first-order valence-corrected chi connectivity index (χ1v) is 7.72. The van der Waals surface area contributed by atoms with E-state index in [-0.39, 0.29) is 17.0 Å². The van der Waals surface area contributed by atoms with Gasteiger partial charge in [-0.15, -0.1) is 0 Å². The van der Waals surface area contributed by atoms with Gasteiger partial charge in [-0.1, -0.05) is 17.7 Å². The number of carbonyl (C=O) groups excluding carboxylic acids is 2. The first-order chi connectivity index (χ1) is 12.3. The molecule has 1 atom stereocenters. The van der Waals surface area contributed by atoms with Crippen molar-refractivity contribution in [3.63, 3.8) is 0 Å². The molecule has 8 nitrogen and oxygen atoms in total. The van der Waals surface area contributed by atoms with Crippen LogP contribution in [0.5, 0.6) is 5.75 Å². The van der Waals surface area contributed by atoms with Crippen molar-refractivity contribution in [2.45, 2.75) is 20.0 Å². The van der Waals surface area contributed by atoms with Crippen molar-refractivity contribution in [2.24, 2.45) is 0 Å². The number of amides is 1. The molecule has 8 heteroatoms. The van der Waals surface area contributed by atoms with Gasteiger partial charge in [-0.05, 0) is 32.0 Å². The summed E-state index contributed by atoms with van der Waals surface area (Å²) in [5.74, 6) is -1.30. The second kappa shape index (κ2) is 8.11. The molecular formula is C18H18N2O6. The number of carbonyl (C=O) groups is 2. The van der Waals surface area contributed by atoms with E-state index in [1.807, 2.05) is 19.1 Å². The highest BCUT2D eigenvalue weighted by atomic mass is 16.6. The third-order valence-corrected chi connectivity index (χ3v) is 3.59. The summed E-state index contributed by atoms with van der Waals surface area (Å²) in [6.45, 7) is 3.33. The van der Waals surface area contributed by atoms with E-state index in [1.165, 1.54) is 26.2 Å². The first-order valence-electron chi connectivity index (χ1n) is 7.72. The van der Waals surface area contributed by atoms with Crippen LogP contribution in [-0.2, 0) is 9.53 Å². The van der Waals surface area contributed by atoms with Crippen LogP contribution >= 0.6 is 0 Å². The number of nitrogens with one attached hydrogen (secondary N) is 1. The summed E-state index contributed by atoms with van der Waals surface area (Å²) < 4.78 is 10.1. The van der Waals surface area contributed by atoms with Crippen molar-refractivity contribution in [1.29, 1.82) is 0 Å². The number of rotatable bonds is 6. The lowest BCUT2D eigenvalue weighted by Gasteiger charge is -2.15. The molecule has 0 fully saturated rings. The molecule has 26 heavy (non-hydrogen) atoms. The van der Waals surface area contributed by atoms with Crippen LogP contribution in [0.3, 0.4) is 0 Å². The Morgan fingerprint density at radius 3 is 2.38 bits per heavy atom. The quantitative estimate of drug-likeness (QED) is 0.483. The maximum Gasteiger partial charge on any atom is 0.342 e. The fourth-order valence-electron chi connectivity index (χ4n) is 2.13. The van der Waals surface area contributed by atoms with Crippen LogP contribution in [0.25, 0.3) is 0 Å². The van der Waals surface area contributed by atoms with E-state index < -0.39 is 22.9 Å². The highest BCUT2D eigenvalue weighted by Gasteiger charge is 2.23. The predicted octanol–water partition coefficient (Wildman–Crippen LogP) is 3.10. The SMILES string of the molecule is COc1ccc([N+](=O)[O-])cc1C(=O)O[C@H](C)C(=O)Nc1ccc(C)cc1. The minimum Gasteiger partial charge on any atom is -0.496 e. The second-order valence-electron chi connectivity index (χ2n) is 5.54. The topological polar surface area (TPSA) is 108 Å². The Kier molecular flexibility index (Phi) is 5.90. The summed E-state index contributed by atoms with van der Waals surface area (Å²) in [5, 5.41) is 13.5. The lowest BCUT2D eigenvalue weighted by Crippen LogP contribution is -2.30. The molecule has 2 rings (SSSR count). The molecule has 2 aromatic carbocycles. The molecule has 0 saturated carbocycles. The molecule has 1 N–H and O–H groups in total. The Morgan fingerprint density at radius 1 is 1.15 bits per heavy atom. The Morgan fingerprint density at radius 2 is 1.81 bits per heavy atom. The fraction of sp³-hybridized carbons (Fsp3) is 0.222. The smallest absolute Gasteiger partial charge is 0.342 e. The predicted molar refractivity (Wildman–Crippen MR) is 94.3 cm³/mol. The van der Waals surface area contributed by atoms with E-state index in [0.29, 0.717) is 5.69 Å². The maximum atomic E-state index is 12.3. The number of nitro groups is 1. The van der Waals surface area contributed by atoms with Gasteiger partial charge in [0.1, 0.15) is 11.3 Å². The van der Waals surface area contributed by atoms with Gasteiger partial charge >= 0.3 is 5.97 Å². The van der Waals surface area contributed by atoms with Gasteiger partial charge in [0.15, 0.2) is 6.10 Å². The maximum absolute atomic E-state index is 12.3. The van der Waals surface area contributed by atoms with Crippen molar-refractivity contribution < 1.29 is 24.0 Å². The number of methoxy groups -OCH3 is 1. The molecule has 1 amide bonds. The number of hydrogen-bond acceptors (Lipinski definition) is 6. The first kappa shape index (κ1) is 18.9. The van der Waals surface area contributed by atoms with Gasteiger partial charge in [-0.3, -0.25) is 14.9 Å². The molecule has 136 valence electrons. The number of esters is 1. The summed E-state index contributed by atoms with van der Waals surface area (Å²) >= 11 is 0. The zero-order valence-electron chi connectivity index (χ0n) is 14.5. The van der Waals surface area contributed by atoms with Gasteiger partial charge in [0.05, 0.1) is 12.0 Å². The number of benzene rings is 2. The van der Waals surface area contributed by atoms with Gasteiger partial charge < -0.3 is 14.8 Å². The zero-order chi connectivity index (χ0) is 19.3. The van der Waals surface area contributed by atoms with Gasteiger partial charge in [0.25, 0.3) is 11.6 Å². The molecule has 2 aromatic rings. The molecule has 0 spiro atoms. The van der Waals surface area contributed by atoms with Crippen LogP contribution in [0.4, 0.5) is 11.4 Å². The third kappa shape index (κ3) is 4.56. The molecule has 0 bridgehead atoms. The highest BCUT2D eigenvalue weighted by molar-refractivity contribution is 5.98. The van der Waals surface area contributed by atoms with Crippen LogP contribution in [0, 0.1) is 17.0 Å². The molecule has 0 radical (unpaired) electrons. The van der Waals surface area contributed by atoms with Crippen molar-refractivity contribution in [2.75, 3.05) is 12.4 Å². The minimum absolute atomic E-state index is 0.117. The van der Waals surface area contributed by atoms with E-state index in [9.17, 15) is 19.7 Å². The molecule has 0 aromatic heterocycles. The van der Waals surface area contributed by atoms with Gasteiger partial charge in [-0.25, -0.2) is 4.79 Å². The standard InChI is InChI=1S/C18H18N2O6/c1-11-4-6-13(7-5-11)19-17(21)12(2)26-18(22)15-10-14(20(23)24)8-9-16(15)25-3/h4-10,12H,1-3H3,(H,19,21)/t12-/m1/s1. The highest BCUT2D eigenvalue weighted by Crippen LogP contribution is 2.25. The molecule has 0 aliphatic rings. The number of hydrogen-bond donors (Lipinski definition) is 1. The fourth-order valence-corrected chi connectivity index (χ4v) is 2.13. The van der Waals surface area contributed by atoms with Crippen molar-refractivity contribution in [1.82, 2.24) is 0 Å². The van der Waals surface area contributed by atoms with E-state index in [1.54, 1.807) is 12.1 Å². The Hall–Kier alpha value is -3.42. The van der Waals surface area contributed by atoms with Gasteiger partial charge in [0.2, 0.25) is 0 Å². The van der Waals surface area contributed by atoms with Crippen LogP contribution < -0.4 is 10.1 Å². The Balaban J connectivity index is 2.10. The monoisotopic (exact) mass is 358 g/mol. The number of anilines is 1. The molecule has 0 unspecified atom stereocenters. The normalized spacial score (nSPS) is 11.3. The average molecular weight is 358 g/mol. The van der Waals surface area contributed by atoms with E-state index in [0.717, 1.165) is 11.6 Å². The van der Waals surface area contributed by atoms with Crippen molar-refractivity contribution in [3.05, 3.63) is 63.7 Å². The summed E-state index contributed by atoms with van der Waals surface area (Å²) in [4.78, 5) is 34.7. The lowest BCUT2D eigenvalue weighted by atomic mass is 10.1. The zero-order valence-corrected chi connectivity index (χ0v) is 14.5. The largest absolute Gasteiger partial charge is 0.496 e. The number of non-ortho nitro benzene ring substituents is 1. The summed E-state index contributed by atoms with van der Waals surface area (Å²) in [6.07, 6.45) is -1.10. The van der Waals surface area contributed by atoms with E-state index in [4.69, 9.17) is 9.47 Å². The molecule has 0 saturated heterocycles. The number of aryl methyl sites for hydroxylation is 1. The van der Waals surface area contributed by atoms with Crippen LogP contribution in [-0.4, -0.2) is 30.0 Å². The molecule has 0 aliphatic carbocycles. The van der Waals surface area contributed by atoms with Crippen LogP contribution in [0.2, 0.25) is 0 Å². The third-order valence-electron chi connectivity index (χ3n) is 3.59. The van der Waals surface area contributed by atoms with Gasteiger partial charge in [-0.2, -0.15) is 0 Å². The number of ether oxygens (including phenoxy) is 2. The number of nitrogens with zero attached hydrogens (tertiary/aromatic N) is 1. The number of nitro benzene ring substituents is 1. The summed E-state index contributed by atoms with van der Waals surface area (Å²) in [7, 11) is 1.32. The van der Waals surface area contributed by atoms with Crippen molar-refractivity contribution >= 4 is 23.3 Å². The van der Waals surface area contributed by atoms with Crippen LogP contribution in [0.1, 0.15) is 22.8 Å². The second-order valence-corrected chi connectivity index (χ2v) is 5.54. The minimum atomic E-state index is -1.10.